The van der Waals surface area contributed by atoms with E-state index in [2.05, 4.69) is 15.2 Å². The molecule has 2 aromatic rings. The maximum Gasteiger partial charge on any atom is 0.326 e. The Hall–Kier alpha value is -2.93. The van der Waals surface area contributed by atoms with Crippen LogP contribution in [0.3, 0.4) is 0 Å². The van der Waals surface area contributed by atoms with E-state index in [0.717, 1.165) is 24.3 Å². The Kier molecular flexibility index (Phi) is 6.26. The Morgan fingerprint density at radius 3 is 2.54 bits per heavy atom. The number of amides is 1. The summed E-state index contributed by atoms with van der Waals surface area (Å²) in [5.74, 6) is -1.58. The monoisotopic (exact) mass is 383 g/mol. The largest absolute Gasteiger partial charge is 0.480 e. The zero-order valence-electron chi connectivity index (χ0n) is 16.0. The summed E-state index contributed by atoms with van der Waals surface area (Å²) in [6.07, 6.45) is 1.97. The molecule has 0 radical (unpaired) electrons. The number of carboxylic acids is 1. The summed E-state index contributed by atoms with van der Waals surface area (Å²) in [5, 5.41) is 12.1. The van der Waals surface area contributed by atoms with Gasteiger partial charge >= 0.3 is 5.97 Å². The molecule has 1 amide bonds. The number of pyridine rings is 1. The van der Waals surface area contributed by atoms with Crippen LogP contribution in [0.25, 0.3) is 0 Å². The van der Waals surface area contributed by atoms with Gasteiger partial charge in [0.15, 0.2) is 0 Å². The molecular formula is C21H25N3O4. The van der Waals surface area contributed by atoms with E-state index in [9.17, 15) is 14.7 Å². The summed E-state index contributed by atoms with van der Waals surface area (Å²) < 4.78 is 5.75. The van der Waals surface area contributed by atoms with Crippen LogP contribution in [0.4, 0.5) is 5.69 Å². The number of carboxylic acid groups (broad SMARTS) is 1. The number of benzene rings is 1. The predicted octanol–water partition coefficient (Wildman–Crippen LogP) is 2.12. The Morgan fingerprint density at radius 2 is 1.89 bits per heavy atom. The summed E-state index contributed by atoms with van der Waals surface area (Å²) in [6.45, 7) is 5.47. The van der Waals surface area contributed by atoms with E-state index in [0.29, 0.717) is 0 Å². The lowest BCUT2D eigenvalue weighted by Crippen LogP contribution is -2.45. The smallest absolute Gasteiger partial charge is 0.326 e. The van der Waals surface area contributed by atoms with Crippen LogP contribution in [-0.4, -0.2) is 53.3 Å². The number of morpholine rings is 1. The number of aliphatic carboxylic acids is 1. The van der Waals surface area contributed by atoms with Crippen LogP contribution in [0.2, 0.25) is 0 Å². The molecule has 3 atom stereocenters. The van der Waals surface area contributed by atoms with Gasteiger partial charge in [0.05, 0.1) is 12.2 Å². The second-order valence-electron chi connectivity index (χ2n) is 7.12. The van der Waals surface area contributed by atoms with Gasteiger partial charge in [-0.15, -0.1) is 0 Å². The molecule has 148 valence electrons. The van der Waals surface area contributed by atoms with Crippen LogP contribution < -0.4 is 10.2 Å². The number of nitrogens with one attached hydrogen (secondary N) is 1. The van der Waals surface area contributed by atoms with E-state index in [4.69, 9.17) is 4.74 Å². The second-order valence-corrected chi connectivity index (χ2v) is 7.12. The van der Waals surface area contributed by atoms with E-state index in [1.807, 2.05) is 50.2 Å². The quantitative estimate of drug-likeness (QED) is 0.794. The highest BCUT2D eigenvalue weighted by molar-refractivity contribution is 5.95. The molecule has 0 spiro atoms. The van der Waals surface area contributed by atoms with Crippen LogP contribution >= 0.6 is 0 Å². The van der Waals surface area contributed by atoms with Crippen molar-refractivity contribution in [3.8, 4) is 0 Å². The molecule has 2 unspecified atom stereocenters. The van der Waals surface area contributed by atoms with Gasteiger partial charge in [-0.05, 0) is 31.5 Å². The molecule has 0 aliphatic carbocycles. The van der Waals surface area contributed by atoms with Gasteiger partial charge in [0.2, 0.25) is 0 Å². The number of rotatable bonds is 6. The molecule has 2 N–H and O–H groups in total. The first-order valence-corrected chi connectivity index (χ1v) is 9.36. The lowest BCUT2D eigenvalue weighted by atomic mass is 10.1. The molecule has 1 aliphatic rings. The third-order valence-corrected chi connectivity index (χ3v) is 4.65. The SMILES string of the molecule is CC1CN(c2ccnc(C(=O)N[C@@H](Cc3ccccc3)C(=O)O)c2)CC(C)O1. The highest BCUT2D eigenvalue weighted by atomic mass is 16.5. The number of carbonyl (C=O) groups excluding carboxylic acids is 1. The van der Waals surface area contributed by atoms with Crippen molar-refractivity contribution >= 4 is 17.6 Å². The van der Waals surface area contributed by atoms with Gasteiger partial charge in [0.25, 0.3) is 5.91 Å². The normalized spacial score (nSPS) is 20.4. The van der Waals surface area contributed by atoms with Gasteiger partial charge in [-0.1, -0.05) is 30.3 Å². The Balaban J connectivity index is 1.72. The summed E-state index contributed by atoms with van der Waals surface area (Å²) in [7, 11) is 0. The molecule has 28 heavy (non-hydrogen) atoms. The number of anilines is 1. The molecule has 1 fully saturated rings. The average molecular weight is 383 g/mol. The Morgan fingerprint density at radius 1 is 1.21 bits per heavy atom. The molecule has 1 saturated heterocycles. The van der Waals surface area contributed by atoms with Crippen LogP contribution in [-0.2, 0) is 16.0 Å². The molecule has 0 bridgehead atoms. The molecular weight excluding hydrogens is 358 g/mol. The summed E-state index contributed by atoms with van der Waals surface area (Å²) >= 11 is 0. The van der Waals surface area contributed by atoms with Gasteiger partial charge < -0.3 is 20.1 Å². The maximum atomic E-state index is 12.6. The summed E-state index contributed by atoms with van der Waals surface area (Å²) in [4.78, 5) is 30.5. The van der Waals surface area contributed by atoms with Crippen LogP contribution in [0.5, 0.6) is 0 Å². The molecule has 1 aromatic heterocycles. The van der Waals surface area contributed by atoms with Gasteiger partial charge in [-0.25, -0.2) is 4.79 Å². The minimum atomic E-state index is -1.08. The highest BCUT2D eigenvalue weighted by Crippen LogP contribution is 2.20. The Bertz CT molecular complexity index is 817. The number of ether oxygens (including phenoxy) is 1. The van der Waals surface area contributed by atoms with Crippen molar-refractivity contribution in [3.05, 3.63) is 59.9 Å². The van der Waals surface area contributed by atoms with Crippen molar-refractivity contribution in [2.45, 2.75) is 38.5 Å². The fraction of sp³-hybridized carbons (Fsp3) is 0.381. The third kappa shape index (κ3) is 5.07. The zero-order chi connectivity index (χ0) is 20.1. The zero-order valence-corrected chi connectivity index (χ0v) is 16.0. The van der Waals surface area contributed by atoms with Crippen LogP contribution in [0.15, 0.2) is 48.7 Å². The van der Waals surface area contributed by atoms with Crippen molar-refractivity contribution in [3.63, 3.8) is 0 Å². The predicted molar refractivity (Wildman–Crippen MR) is 105 cm³/mol. The van der Waals surface area contributed by atoms with E-state index in [1.54, 1.807) is 12.3 Å². The lowest BCUT2D eigenvalue weighted by molar-refractivity contribution is -0.139. The first kappa shape index (κ1) is 19.8. The van der Waals surface area contributed by atoms with E-state index < -0.39 is 17.9 Å². The third-order valence-electron chi connectivity index (χ3n) is 4.65. The fourth-order valence-electron chi connectivity index (χ4n) is 3.41. The molecule has 0 saturated carbocycles. The molecule has 3 rings (SSSR count). The van der Waals surface area contributed by atoms with Gasteiger partial charge in [0, 0.05) is 31.4 Å². The minimum absolute atomic E-state index is 0.0939. The van der Waals surface area contributed by atoms with Gasteiger partial charge in [-0.2, -0.15) is 0 Å². The first-order chi connectivity index (χ1) is 13.4. The average Bonchev–Trinajstić information content (AvgIpc) is 2.67. The maximum absolute atomic E-state index is 12.6. The van der Waals surface area contributed by atoms with Crippen LogP contribution in [0, 0.1) is 0 Å². The van der Waals surface area contributed by atoms with Crippen molar-refractivity contribution in [2.24, 2.45) is 0 Å². The number of hydrogen-bond acceptors (Lipinski definition) is 5. The van der Waals surface area contributed by atoms with Gasteiger partial charge in [0.1, 0.15) is 11.7 Å². The highest BCUT2D eigenvalue weighted by Gasteiger charge is 2.25. The summed E-state index contributed by atoms with van der Waals surface area (Å²) in [5.41, 5.74) is 1.91. The van der Waals surface area contributed by atoms with E-state index in [-0.39, 0.29) is 24.3 Å². The van der Waals surface area contributed by atoms with Crippen molar-refractivity contribution in [2.75, 3.05) is 18.0 Å². The topological polar surface area (TPSA) is 91.8 Å². The number of hydrogen-bond donors (Lipinski definition) is 2. The first-order valence-electron chi connectivity index (χ1n) is 9.36. The molecule has 1 aromatic carbocycles. The van der Waals surface area contributed by atoms with Crippen LogP contribution in [0.1, 0.15) is 29.9 Å². The van der Waals surface area contributed by atoms with Crippen molar-refractivity contribution < 1.29 is 19.4 Å². The molecule has 1 aliphatic heterocycles. The molecule has 2 heterocycles. The standard InChI is InChI=1S/C21H25N3O4/c1-14-12-24(13-15(2)28-14)17-8-9-22-18(11-17)20(25)23-19(21(26)27)10-16-6-4-3-5-7-16/h3-9,11,14-15,19H,10,12-13H2,1-2H3,(H,23,25)(H,26,27)/t14?,15?,19-/m0/s1. The number of nitrogens with zero attached hydrogens (tertiary/aromatic N) is 2. The van der Waals surface area contributed by atoms with Gasteiger partial charge in [-0.3, -0.25) is 9.78 Å². The second kappa shape index (κ2) is 8.84. The fourth-order valence-corrected chi connectivity index (χ4v) is 3.41. The lowest BCUT2D eigenvalue weighted by Gasteiger charge is -2.36. The van der Waals surface area contributed by atoms with E-state index in [1.165, 1.54) is 0 Å². The number of carbonyl (C=O) groups is 2. The molecule has 7 nitrogen and oxygen atoms in total. The minimum Gasteiger partial charge on any atom is -0.480 e. The van der Waals surface area contributed by atoms with Crippen molar-refractivity contribution in [1.29, 1.82) is 0 Å². The van der Waals surface area contributed by atoms with Crippen molar-refractivity contribution in [1.82, 2.24) is 10.3 Å². The Labute approximate surface area is 164 Å². The van der Waals surface area contributed by atoms with E-state index >= 15 is 0 Å². The summed E-state index contributed by atoms with van der Waals surface area (Å²) in [6, 6.07) is 11.7. The molecule has 7 heteroatoms. The number of aromatic nitrogens is 1.